The third kappa shape index (κ3) is 1.48. The summed E-state index contributed by atoms with van der Waals surface area (Å²) >= 11 is 0. The molecule has 2 bridgehead atoms. The molecule has 0 aromatic heterocycles. The quantitative estimate of drug-likeness (QED) is 0.371. The Hall–Kier alpha value is -3.14. The molecule has 6 rings (SSSR count). The first kappa shape index (κ1) is 13.3. The zero-order chi connectivity index (χ0) is 16.4. The molecule has 3 aromatic carbocycles. The van der Waals surface area contributed by atoms with Crippen LogP contribution in [0, 0.1) is 10.1 Å². The highest BCUT2D eigenvalue weighted by molar-refractivity contribution is 5.72. The summed E-state index contributed by atoms with van der Waals surface area (Å²) in [6, 6.07) is 19.6. The highest BCUT2D eigenvalue weighted by atomic mass is 16.6. The van der Waals surface area contributed by atoms with Crippen LogP contribution in [-0.4, -0.2) is 10.0 Å². The van der Waals surface area contributed by atoms with Gasteiger partial charge in [0.2, 0.25) is 0 Å². The molecule has 24 heavy (non-hydrogen) atoms. The highest BCUT2D eigenvalue weighted by Gasteiger charge is 2.43. The van der Waals surface area contributed by atoms with Crippen molar-refractivity contribution in [2.75, 3.05) is 0 Å². The van der Waals surface area contributed by atoms with Crippen LogP contribution in [0.5, 0.6) is 5.75 Å². The van der Waals surface area contributed by atoms with Crippen LogP contribution in [-0.2, 0) is 0 Å². The molecule has 0 saturated heterocycles. The van der Waals surface area contributed by atoms with Gasteiger partial charge in [-0.15, -0.1) is 0 Å². The van der Waals surface area contributed by atoms with Crippen LogP contribution in [0.4, 0.5) is 5.69 Å². The summed E-state index contributed by atoms with van der Waals surface area (Å²) in [4.78, 5) is 10.7. The van der Waals surface area contributed by atoms with Crippen LogP contribution < -0.4 is 0 Å². The van der Waals surface area contributed by atoms with E-state index in [1.54, 1.807) is 6.07 Å². The molecule has 0 atom stereocenters. The average Bonchev–Trinajstić information content (AvgIpc) is 2.61. The molecule has 0 aliphatic heterocycles. The standard InChI is InChI=1S/C20H13NO3/c22-20-16(21(23)24)10-9-15-17-11-5-1-3-7-13(11)18(19(15)20)14-8-4-2-6-12(14)17/h1-10,17-18,22H. The second kappa shape index (κ2) is 4.45. The van der Waals surface area contributed by atoms with Gasteiger partial charge < -0.3 is 5.11 Å². The Labute approximate surface area is 138 Å². The maximum Gasteiger partial charge on any atom is 0.311 e. The van der Waals surface area contributed by atoms with E-state index < -0.39 is 4.92 Å². The number of nitro benzene ring substituents is 1. The van der Waals surface area contributed by atoms with Gasteiger partial charge in [0.1, 0.15) is 0 Å². The summed E-state index contributed by atoms with van der Waals surface area (Å²) in [5, 5.41) is 21.9. The third-order valence-electron chi connectivity index (χ3n) is 5.26. The average molecular weight is 315 g/mol. The van der Waals surface area contributed by atoms with Crippen LogP contribution >= 0.6 is 0 Å². The zero-order valence-corrected chi connectivity index (χ0v) is 12.6. The SMILES string of the molecule is O=[N+]([O-])c1ccc2c(c1O)C1c3ccccc3C2c2ccccc21. The van der Waals surface area contributed by atoms with Gasteiger partial charge in [0.15, 0.2) is 5.75 Å². The van der Waals surface area contributed by atoms with Crippen molar-refractivity contribution >= 4 is 5.69 Å². The Balaban J connectivity index is 1.90. The van der Waals surface area contributed by atoms with Crippen molar-refractivity contribution in [1.29, 1.82) is 0 Å². The minimum atomic E-state index is -0.518. The number of benzene rings is 3. The van der Waals surface area contributed by atoms with Gasteiger partial charge in [0.05, 0.1) is 4.92 Å². The number of hydrogen-bond donors (Lipinski definition) is 1. The molecule has 4 heteroatoms. The van der Waals surface area contributed by atoms with Gasteiger partial charge in [0.25, 0.3) is 0 Å². The monoisotopic (exact) mass is 315 g/mol. The summed E-state index contributed by atoms with van der Waals surface area (Å²) in [6.45, 7) is 0. The molecule has 0 fully saturated rings. The lowest BCUT2D eigenvalue weighted by atomic mass is 9.61. The van der Waals surface area contributed by atoms with Gasteiger partial charge in [-0.25, -0.2) is 0 Å². The van der Waals surface area contributed by atoms with Crippen molar-refractivity contribution in [3.63, 3.8) is 0 Å². The van der Waals surface area contributed by atoms with Gasteiger partial charge in [-0.1, -0.05) is 54.6 Å². The van der Waals surface area contributed by atoms with Crippen LogP contribution in [0.3, 0.4) is 0 Å². The molecule has 0 amide bonds. The van der Waals surface area contributed by atoms with Crippen molar-refractivity contribution in [2.45, 2.75) is 11.8 Å². The van der Waals surface area contributed by atoms with E-state index in [-0.39, 0.29) is 23.3 Å². The van der Waals surface area contributed by atoms with Gasteiger partial charge in [-0.05, 0) is 27.8 Å². The van der Waals surface area contributed by atoms with Gasteiger partial charge in [-0.2, -0.15) is 0 Å². The Bertz CT molecular complexity index is 978. The smallest absolute Gasteiger partial charge is 0.311 e. The van der Waals surface area contributed by atoms with Crippen LogP contribution in [0.2, 0.25) is 0 Å². The first-order valence-electron chi connectivity index (χ1n) is 7.86. The van der Waals surface area contributed by atoms with E-state index in [0.717, 1.165) is 16.7 Å². The minimum absolute atomic E-state index is 0.0177. The van der Waals surface area contributed by atoms with E-state index in [4.69, 9.17) is 0 Å². The van der Waals surface area contributed by atoms with Gasteiger partial charge in [0, 0.05) is 23.5 Å². The van der Waals surface area contributed by atoms with Crippen molar-refractivity contribution in [2.24, 2.45) is 0 Å². The normalized spacial score (nSPS) is 19.3. The lowest BCUT2D eigenvalue weighted by Gasteiger charge is -2.42. The van der Waals surface area contributed by atoms with Crippen LogP contribution in [0.1, 0.15) is 45.2 Å². The third-order valence-corrected chi connectivity index (χ3v) is 5.26. The maximum atomic E-state index is 11.3. The molecule has 0 radical (unpaired) electrons. The molecule has 0 heterocycles. The predicted octanol–water partition coefficient (Wildman–Crippen LogP) is 4.29. The summed E-state index contributed by atoms with van der Waals surface area (Å²) in [7, 11) is 0. The van der Waals surface area contributed by atoms with E-state index in [0.29, 0.717) is 5.56 Å². The van der Waals surface area contributed by atoms with Crippen molar-refractivity contribution in [3.05, 3.63) is 104 Å². The fourth-order valence-electron chi connectivity index (χ4n) is 4.37. The molecule has 0 unspecified atom stereocenters. The highest BCUT2D eigenvalue weighted by Crippen LogP contribution is 2.58. The first-order valence-corrected chi connectivity index (χ1v) is 7.86. The lowest BCUT2D eigenvalue weighted by Crippen LogP contribution is -2.27. The maximum absolute atomic E-state index is 11.3. The van der Waals surface area contributed by atoms with Crippen LogP contribution in [0.25, 0.3) is 0 Å². The number of phenolic OH excluding ortho intramolecular Hbond substituents is 1. The van der Waals surface area contributed by atoms with E-state index in [1.807, 2.05) is 24.3 Å². The molecule has 4 nitrogen and oxygen atoms in total. The molecule has 3 aromatic rings. The van der Waals surface area contributed by atoms with Crippen molar-refractivity contribution < 1.29 is 10.0 Å². The number of phenols is 1. The summed E-state index contributed by atoms with van der Waals surface area (Å²) in [6.07, 6.45) is 0. The van der Waals surface area contributed by atoms with Gasteiger partial charge >= 0.3 is 5.69 Å². The molecular formula is C20H13NO3. The number of aromatic hydroxyl groups is 1. The molecule has 0 saturated carbocycles. The molecular weight excluding hydrogens is 302 g/mol. The summed E-state index contributed by atoms with van der Waals surface area (Å²) < 4.78 is 0. The molecule has 1 N–H and O–H groups in total. The van der Waals surface area contributed by atoms with Crippen molar-refractivity contribution in [1.82, 2.24) is 0 Å². The van der Waals surface area contributed by atoms with E-state index in [1.165, 1.54) is 17.2 Å². The first-order chi connectivity index (χ1) is 11.7. The summed E-state index contributed by atoms with van der Waals surface area (Å²) in [5.74, 6) is -0.335. The second-order valence-electron chi connectivity index (χ2n) is 6.32. The number of rotatable bonds is 1. The number of nitro groups is 1. The Kier molecular flexibility index (Phi) is 2.47. The molecule has 0 spiro atoms. The molecule has 3 aliphatic carbocycles. The van der Waals surface area contributed by atoms with E-state index in [9.17, 15) is 15.2 Å². The predicted molar refractivity (Wildman–Crippen MR) is 89.5 cm³/mol. The number of hydrogen-bond acceptors (Lipinski definition) is 3. The number of nitrogens with zero attached hydrogens (tertiary/aromatic N) is 1. The van der Waals surface area contributed by atoms with E-state index >= 15 is 0 Å². The second-order valence-corrected chi connectivity index (χ2v) is 6.32. The minimum Gasteiger partial charge on any atom is -0.502 e. The summed E-state index contributed by atoms with van der Waals surface area (Å²) in [5.41, 5.74) is 6.14. The topological polar surface area (TPSA) is 63.4 Å². The van der Waals surface area contributed by atoms with Crippen molar-refractivity contribution in [3.8, 4) is 5.75 Å². The fourth-order valence-corrected chi connectivity index (χ4v) is 4.37. The zero-order valence-electron chi connectivity index (χ0n) is 12.6. The van der Waals surface area contributed by atoms with E-state index in [2.05, 4.69) is 24.3 Å². The lowest BCUT2D eigenvalue weighted by molar-refractivity contribution is -0.386. The Morgan fingerprint density at radius 1 is 0.750 bits per heavy atom. The Morgan fingerprint density at radius 3 is 1.75 bits per heavy atom. The molecule has 116 valence electrons. The van der Waals surface area contributed by atoms with Gasteiger partial charge in [-0.3, -0.25) is 10.1 Å². The van der Waals surface area contributed by atoms with Crippen LogP contribution in [0.15, 0.2) is 60.7 Å². The fraction of sp³-hybridized carbons (Fsp3) is 0.100. The molecule has 3 aliphatic rings. The largest absolute Gasteiger partial charge is 0.502 e. The Morgan fingerprint density at radius 2 is 1.25 bits per heavy atom.